The van der Waals surface area contributed by atoms with Crippen molar-refractivity contribution in [3.63, 3.8) is 0 Å². The van der Waals surface area contributed by atoms with Gasteiger partial charge in [0.05, 0.1) is 11.9 Å². The van der Waals surface area contributed by atoms with Gasteiger partial charge in [-0.15, -0.1) is 0 Å². The number of aromatic nitrogens is 2. The molecule has 2 aromatic rings. The third kappa shape index (κ3) is 4.34. The molecule has 1 aromatic heterocycles. The number of aromatic amines is 1. The molecule has 0 fully saturated rings. The van der Waals surface area contributed by atoms with Crippen LogP contribution in [0.3, 0.4) is 0 Å². The molecule has 3 N–H and O–H groups in total. The number of nitrogens with one attached hydrogen (secondary N) is 3. The highest BCUT2D eigenvalue weighted by Gasteiger charge is 2.11. The molecule has 21 heavy (non-hydrogen) atoms. The van der Waals surface area contributed by atoms with Crippen molar-refractivity contribution in [2.45, 2.75) is 26.7 Å². The van der Waals surface area contributed by atoms with Crippen molar-refractivity contribution < 1.29 is 4.79 Å². The molecular formula is C16H22N4O. The molecule has 5 heteroatoms. The Balaban J connectivity index is 1.97. The molecule has 0 aliphatic heterocycles. The number of aryl methyl sites for hydroxylation is 1. The van der Waals surface area contributed by atoms with E-state index in [4.69, 9.17) is 0 Å². The maximum atomic E-state index is 12.3. The second kappa shape index (κ2) is 7.47. The Morgan fingerprint density at radius 2 is 2.19 bits per heavy atom. The van der Waals surface area contributed by atoms with Crippen LogP contribution in [0, 0.1) is 6.92 Å². The molecule has 0 saturated carbocycles. The molecule has 0 unspecified atom stereocenters. The third-order valence-corrected chi connectivity index (χ3v) is 3.22. The van der Waals surface area contributed by atoms with Gasteiger partial charge in [0, 0.05) is 37.1 Å². The smallest absolute Gasteiger partial charge is 0.253 e. The van der Waals surface area contributed by atoms with Crippen molar-refractivity contribution in [1.29, 1.82) is 0 Å². The molecule has 1 aromatic carbocycles. The normalized spacial score (nSPS) is 10.4. The molecule has 2 rings (SSSR count). The Bertz CT molecular complexity index is 578. The Labute approximate surface area is 125 Å². The number of anilines is 1. The summed E-state index contributed by atoms with van der Waals surface area (Å²) in [6.07, 6.45) is 5.18. The van der Waals surface area contributed by atoms with Crippen molar-refractivity contribution in [3.05, 3.63) is 47.5 Å². The lowest BCUT2D eigenvalue weighted by molar-refractivity contribution is 0.0955. The number of carbonyl (C=O) groups excluding carboxylic acids is 1. The van der Waals surface area contributed by atoms with Crippen LogP contribution in [0.2, 0.25) is 0 Å². The minimum Gasteiger partial charge on any atom is -0.384 e. The van der Waals surface area contributed by atoms with Gasteiger partial charge in [0.25, 0.3) is 5.91 Å². The Kier molecular flexibility index (Phi) is 5.37. The van der Waals surface area contributed by atoms with Gasteiger partial charge in [-0.05, 0) is 31.0 Å². The molecular weight excluding hydrogens is 264 g/mol. The highest BCUT2D eigenvalue weighted by Crippen LogP contribution is 2.17. The van der Waals surface area contributed by atoms with Crippen LogP contribution in [0.15, 0.2) is 30.7 Å². The monoisotopic (exact) mass is 286 g/mol. The van der Waals surface area contributed by atoms with Gasteiger partial charge in [0.2, 0.25) is 0 Å². The fourth-order valence-corrected chi connectivity index (χ4v) is 2.09. The maximum absolute atomic E-state index is 12.3. The van der Waals surface area contributed by atoms with E-state index in [0.29, 0.717) is 12.1 Å². The lowest BCUT2D eigenvalue weighted by atomic mass is 10.1. The fraction of sp³-hybridized carbons (Fsp3) is 0.375. The number of amides is 1. The second-order valence-electron chi connectivity index (χ2n) is 5.06. The van der Waals surface area contributed by atoms with Crippen molar-refractivity contribution in [3.8, 4) is 0 Å². The van der Waals surface area contributed by atoms with Gasteiger partial charge in [0.15, 0.2) is 0 Å². The van der Waals surface area contributed by atoms with Gasteiger partial charge >= 0.3 is 0 Å². The SMILES string of the molecule is CCCNc1cc(C)ccc1C(=O)NCCc1cnc[nH]1. The molecule has 0 atom stereocenters. The van der Waals surface area contributed by atoms with Crippen LogP contribution >= 0.6 is 0 Å². The number of H-pyrrole nitrogens is 1. The first kappa shape index (κ1) is 15.1. The lowest BCUT2D eigenvalue weighted by Crippen LogP contribution is -2.26. The van der Waals surface area contributed by atoms with Crippen LogP contribution in [0.1, 0.15) is 35.0 Å². The number of hydrogen-bond donors (Lipinski definition) is 3. The molecule has 0 radical (unpaired) electrons. The van der Waals surface area contributed by atoms with E-state index >= 15 is 0 Å². The zero-order valence-electron chi connectivity index (χ0n) is 12.6. The Morgan fingerprint density at radius 1 is 1.33 bits per heavy atom. The average Bonchev–Trinajstić information content (AvgIpc) is 2.98. The summed E-state index contributed by atoms with van der Waals surface area (Å²) in [6, 6.07) is 5.85. The van der Waals surface area contributed by atoms with E-state index in [1.807, 2.05) is 25.1 Å². The zero-order valence-corrected chi connectivity index (χ0v) is 12.6. The first-order chi connectivity index (χ1) is 10.2. The van der Waals surface area contributed by atoms with E-state index in [1.54, 1.807) is 12.5 Å². The van der Waals surface area contributed by atoms with Crippen LogP contribution in [0.5, 0.6) is 0 Å². The van der Waals surface area contributed by atoms with E-state index in [2.05, 4.69) is 27.5 Å². The van der Waals surface area contributed by atoms with Crippen LogP contribution < -0.4 is 10.6 Å². The minimum absolute atomic E-state index is 0.0480. The van der Waals surface area contributed by atoms with Crippen LogP contribution in [-0.2, 0) is 6.42 Å². The molecule has 0 spiro atoms. The standard InChI is InChI=1S/C16H22N4O/c1-3-7-18-15-9-12(2)4-5-14(15)16(21)19-8-6-13-10-17-11-20-13/h4-5,9-11,18H,3,6-8H2,1-2H3,(H,17,20)(H,19,21). The topological polar surface area (TPSA) is 69.8 Å². The molecule has 0 aliphatic rings. The molecule has 0 saturated heterocycles. The van der Waals surface area contributed by atoms with Gasteiger partial charge in [-0.1, -0.05) is 13.0 Å². The summed E-state index contributed by atoms with van der Waals surface area (Å²) < 4.78 is 0. The van der Waals surface area contributed by atoms with Crippen molar-refractivity contribution in [2.75, 3.05) is 18.4 Å². The summed E-state index contributed by atoms with van der Waals surface area (Å²) in [5.41, 5.74) is 3.75. The molecule has 1 heterocycles. The summed E-state index contributed by atoms with van der Waals surface area (Å²) in [5, 5.41) is 6.26. The highest BCUT2D eigenvalue weighted by molar-refractivity contribution is 5.99. The number of benzene rings is 1. The fourth-order valence-electron chi connectivity index (χ4n) is 2.09. The first-order valence-corrected chi connectivity index (χ1v) is 7.30. The largest absolute Gasteiger partial charge is 0.384 e. The zero-order chi connectivity index (χ0) is 15.1. The number of rotatable bonds is 7. The first-order valence-electron chi connectivity index (χ1n) is 7.30. The summed E-state index contributed by atoms with van der Waals surface area (Å²) in [4.78, 5) is 19.3. The number of carbonyl (C=O) groups is 1. The predicted molar refractivity (Wildman–Crippen MR) is 84.6 cm³/mol. The van der Waals surface area contributed by atoms with Crippen molar-refractivity contribution in [1.82, 2.24) is 15.3 Å². The van der Waals surface area contributed by atoms with Gasteiger partial charge in [-0.3, -0.25) is 4.79 Å². The molecule has 112 valence electrons. The van der Waals surface area contributed by atoms with Gasteiger partial charge in [-0.25, -0.2) is 4.98 Å². The third-order valence-electron chi connectivity index (χ3n) is 3.22. The second-order valence-corrected chi connectivity index (χ2v) is 5.06. The Hall–Kier alpha value is -2.30. The van der Waals surface area contributed by atoms with Crippen LogP contribution in [-0.4, -0.2) is 29.0 Å². The van der Waals surface area contributed by atoms with E-state index < -0.39 is 0 Å². The Morgan fingerprint density at radius 3 is 2.90 bits per heavy atom. The lowest BCUT2D eigenvalue weighted by Gasteiger charge is -2.12. The summed E-state index contributed by atoms with van der Waals surface area (Å²) >= 11 is 0. The summed E-state index contributed by atoms with van der Waals surface area (Å²) in [6.45, 7) is 5.57. The number of nitrogens with zero attached hydrogens (tertiary/aromatic N) is 1. The molecule has 5 nitrogen and oxygen atoms in total. The van der Waals surface area contributed by atoms with E-state index in [0.717, 1.165) is 36.3 Å². The van der Waals surface area contributed by atoms with Crippen LogP contribution in [0.25, 0.3) is 0 Å². The maximum Gasteiger partial charge on any atom is 0.253 e. The molecule has 1 amide bonds. The number of hydrogen-bond acceptors (Lipinski definition) is 3. The quantitative estimate of drug-likeness (QED) is 0.732. The van der Waals surface area contributed by atoms with Crippen molar-refractivity contribution >= 4 is 11.6 Å². The van der Waals surface area contributed by atoms with E-state index in [1.165, 1.54) is 0 Å². The van der Waals surface area contributed by atoms with Crippen LogP contribution in [0.4, 0.5) is 5.69 Å². The van der Waals surface area contributed by atoms with E-state index in [-0.39, 0.29) is 5.91 Å². The molecule has 0 bridgehead atoms. The summed E-state index contributed by atoms with van der Waals surface area (Å²) in [5.74, 6) is -0.0480. The average molecular weight is 286 g/mol. The number of imidazole rings is 1. The molecule has 0 aliphatic carbocycles. The van der Waals surface area contributed by atoms with E-state index in [9.17, 15) is 4.79 Å². The van der Waals surface area contributed by atoms with Crippen molar-refractivity contribution in [2.24, 2.45) is 0 Å². The van der Waals surface area contributed by atoms with Gasteiger partial charge in [-0.2, -0.15) is 0 Å². The predicted octanol–water partition coefficient (Wildman–Crippen LogP) is 2.51. The highest BCUT2D eigenvalue weighted by atomic mass is 16.1. The van der Waals surface area contributed by atoms with Gasteiger partial charge < -0.3 is 15.6 Å². The minimum atomic E-state index is -0.0480. The summed E-state index contributed by atoms with van der Waals surface area (Å²) in [7, 11) is 0. The van der Waals surface area contributed by atoms with Gasteiger partial charge in [0.1, 0.15) is 0 Å².